The summed E-state index contributed by atoms with van der Waals surface area (Å²) in [6.45, 7) is 6.63. The van der Waals surface area contributed by atoms with Gasteiger partial charge in [0, 0.05) is 11.0 Å². The van der Waals surface area contributed by atoms with Crippen molar-refractivity contribution >= 4 is 15.9 Å². The largest absolute Gasteiger partial charge is 0.316 e. The van der Waals surface area contributed by atoms with Crippen molar-refractivity contribution in [2.75, 3.05) is 13.1 Å². The fraction of sp³-hybridized carbons (Fsp3) is 0.684. The minimum Gasteiger partial charge on any atom is -0.316 e. The standard InChI is InChI=1S/C19H32BrN/c1-3-5-6-7-8-9-10-11-18(16-21-4-2)17-12-14-19(20)15-13-17/h12-15,18,21H,3-11,16H2,1-2H3. The van der Waals surface area contributed by atoms with Crippen LogP contribution >= 0.6 is 15.9 Å². The average Bonchev–Trinajstić information content (AvgIpc) is 2.50. The molecule has 1 aromatic carbocycles. The molecule has 21 heavy (non-hydrogen) atoms. The van der Waals surface area contributed by atoms with Crippen LogP contribution in [0.5, 0.6) is 0 Å². The molecule has 0 aromatic heterocycles. The summed E-state index contributed by atoms with van der Waals surface area (Å²) >= 11 is 3.53. The number of hydrogen-bond acceptors (Lipinski definition) is 1. The summed E-state index contributed by atoms with van der Waals surface area (Å²) in [5.41, 5.74) is 1.48. The minimum atomic E-state index is 0.661. The van der Waals surface area contributed by atoms with Gasteiger partial charge in [-0.2, -0.15) is 0 Å². The first-order valence-electron chi connectivity index (χ1n) is 8.74. The van der Waals surface area contributed by atoms with Crippen molar-refractivity contribution < 1.29 is 0 Å². The molecule has 0 saturated carbocycles. The number of hydrogen-bond donors (Lipinski definition) is 1. The maximum absolute atomic E-state index is 3.53. The lowest BCUT2D eigenvalue weighted by Gasteiger charge is -2.18. The Bertz CT molecular complexity index is 347. The van der Waals surface area contributed by atoms with E-state index in [9.17, 15) is 0 Å². The fourth-order valence-electron chi connectivity index (χ4n) is 2.79. The molecule has 0 bridgehead atoms. The van der Waals surface area contributed by atoms with Crippen LogP contribution in [-0.2, 0) is 0 Å². The van der Waals surface area contributed by atoms with Crippen LogP contribution in [0.1, 0.15) is 76.7 Å². The highest BCUT2D eigenvalue weighted by atomic mass is 79.9. The molecule has 0 spiro atoms. The Kier molecular flexibility index (Phi) is 10.9. The predicted octanol–water partition coefficient (Wildman–Crippen LogP) is 6.28. The topological polar surface area (TPSA) is 12.0 Å². The quantitative estimate of drug-likeness (QED) is 0.435. The first-order chi connectivity index (χ1) is 10.3. The Morgan fingerprint density at radius 2 is 1.52 bits per heavy atom. The first-order valence-corrected chi connectivity index (χ1v) is 9.53. The van der Waals surface area contributed by atoms with Gasteiger partial charge in [0.25, 0.3) is 0 Å². The second-order valence-electron chi connectivity index (χ2n) is 5.97. The van der Waals surface area contributed by atoms with E-state index in [1.54, 1.807) is 0 Å². The van der Waals surface area contributed by atoms with Crippen LogP contribution in [0.2, 0.25) is 0 Å². The van der Waals surface area contributed by atoms with E-state index in [4.69, 9.17) is 0 Å². The van der Waals surface area contributed by atoms with Gasteiger partial charge in [-0.3, -0.25) is 0 Å². The Morgan fingerprint density at radius 1 is 0.905 bits per heavy atom. The molecular weight excluding hydrogens is 322 g/mol. The average molecular weight is 354 g/mol. The van der Waals surface area contributed by atoms with Crippen molar-refractivity contribution in [3.05, 3.63) is 34.3 Å². The van der Waals surface area contributed by atoms with E-state index in [0.717, 1.165) is 13.1 Å². The molecule has 1 aromatic rings. The van der Waals surface area contributed by atoms with Crippen molar-refractivity contribution in [3.8, 4) is 0 Å². The lowest BCUT2D eigenvalue weighted by molar-refractivity contribution is 0.510. The van der Waals surface area contributed by atoms with Gasteiger partial charge in [-0.25, -0.2) is 0 Å². The molecule has 1 nitrogen and oxygen atoms in total. The highest BCUT2D eigenvalue weighted by Gasteiger charge is 2.10. The molecule has 0 radical (unpaired) electrons. The number of rotatable bonds is 12. The lowest BCUT2D eigenvalue weighted by atomic mass is 9.92. The first kappa shape index (κ1) is 18.7. The molecular formula is C19H32BrN. The normalized spacial score (nSPS) is 12.5. The fourth-order valence-corrected chi connectivity index (χ4v) is 3.05. The summed E-state index contributed by atoms with van der Waals surface area (Å²) in [5.74, 6) is 0.661. The van der Waals surface area contributed by atoms with Gasteiger partial charge in [-0.05, 0) is 36.6 Å². The molecule has 1 N–H and O–H groups in total. The zero-order valence-electron chi connectivity index (χ0n) is 13.8. The van der Waals surface area contributed by atoms with E-state index < -0.39 is 0 Å². The molecule has 0 heterocycles. The van der Waals surface area contributed by atoms with Gasteiger partial charge < -0.3 is 5.32 Å². The van der Waals surface area contributed by atoms with E-state index in [1.807, 2.05) is 0 Å². The third-order valence-corrected chi connectivity index (χ3v) is 4.67. The molecule has 1 atom stereocenters. The summed E-state index contributed by atoms with van der Waals surface area (Å²) in [6.07, 6.45) is 11.1. The maximum Gasteiger partial charge on any atom is 0.0175 e. The van der Waals surface area contributed by atoms with Crippen molar-refractivity contribution in [1.82, 2.24) is 5.32 Å². The van der Waals surface area contributed by atoms with Gasteiger partial charge in [0.15, 0.2) is 0 Å². The van der Waals surface area contributed by atoms with Crippen LogP contribution in [0.15, 0.2) is 28.7 Å². The van der Waals surface area contributed by atoms with Crippen LogP contribution in [0, 0.1) is 0 Å². The molecule has 0 fully saturated rings. The van der Waals surface area contributed by atoms with Gasteiger partial charge in [0.1, 0.15) is 0 Å². The summed E-state index contributed by atoms with van der Waals surface area (Å²) < 4.78 is 1.17. The Labute approximate surface area is 140 Å². The van der Waals surface area contributed by atoms with E-state index >= 15 is 0 Å². The second-order valence-corrected chi connectivity index (χ2v) is 6.88. The van der Waals surface area contributed by atoms with Crippen LogP contribution < -0.4 is 5.32 Å². The molecule has 0 saturated heterocycles. The van der Waals surface area contributed by atoms with Gasteiger partial charge in [-0.1, -0.05) is 86.9 Å². The molecule has 0 aliphatic rings. The molecule has 1 rings (SSSR count). The van der Waals surface area contributed by atoms with Gasteiger partial charge >= 0.3 is 0 Å². The number of benzene rings is 1. The molecule has 2 heteroatoms. The van der Waals surface area contributed by atoms with Crippen molar-refractivity contribution in [2.24, 2.45) is 0 Å². The predicted molar refractivity (Wildman–Crippen MR) is 98.0 cm³/mol. The van der Waals surface area contributed by atoms with Gasteiger partial charge in [-0.15, -0.1) is 0 Å². The van der Waals surface area contributed by atoms with Crippen LogP contribution in [0.25, 0.3) is 0 Å². The SMILES string of the molecule is CCCCCCCCCC(CNCC)c1ccc(Br)cc1. The Hall–Kier alpha value is -0.340. The summed E-state index contributed by atoms with van der Waals surface area (Å²) in [4.78, 5) is 0. The monoisotopic (exact) mass is 353 g/mol. The zero-order chi connectivity index (χ0) is 15.3. The van der Waals surface area contributed by atoms with Gasteiger partial charge in [0.2, 0.25) is 0 Å². The number of likely N-dealkylation sites (N-methyl/N-ethyl adjacent to an activating group) is 1. The van der Waals surface area contributed by atoms with Crippen LogP contribution in [0.3, 0.4) is 0 Å². The number of halogens is 1. The Morgan fingerprint density at radius 3 is 2.14 bits per heavy atom. The molecule has 0 aliphatic carbocycles. The second kappa shape index (κ2) is 12.2. The number of unbranched alkanes of at least 4 members (excludes halogenated alkanes) is 6. The van der Waals surface area contributed by atoms with E-state index in [-0.39, 0.29) is 0 Å². The molecule has 120 valence electrons. The van der Waals surface area contributed by atoms with E-state index in [0.29, 0.717) is 5.92 Å². The third kappa shape index (κ3) is 8.63. The molecule has 1 unspecified atom stereocenters. The summed E-state index contributed by atoms with van der Waals surface area (Å²) in [7, 11) is 0. The Balaban J connectivity index is 2.31. The van der Waals surface area contributed by atoms with Crippen molar-refractivity contribution in [1.29, 1.82) is 0 Å². The third-order valence-electron chi connectivity index (χ3n) is 4.14. The summed E-state index contributed by atoms with van der Waals surface area (Å²) in [5, 5.41) is 3.52. The van der Waals surface area contributed by atoms with E-state index in [1.165, 1.54) is 61.4 Å². The smallest absolute Gasteiger partial charge is 0.0175 e. The van der Waals surface area contributed by atoms with Crippen molar-refractivity contribution in [2.45, 2.75) is 71.1 Å². The molecule has 0 aliphatic heterocycles. The number of nitrogens with one attached hydrogen (secondary N) is 1. The minimum absolute atomic E-state index is 0.661. The van der Waals surface area contributed by atoms with Crippen LogP contribution in [-0.4, -0.2) is 13.1 Å². The van der Waals surface area contributed by atoms with E-state index in [2.05, 4.69) is 59.4 Å². The van der Waals surface area contributed by atoms with Crippen molar-refractivity contribution in [3.63, 3.8) is 0 Å². The summed E-state index contributed by atoms with van der Waals surface area (Å²) in [6, 6.07) is 8.87. The van der Waals surface area contributed by atoms with Crippen LogP contribution in [0.4, 0.5) is 0 Å². The highest BCUT2D eigenvalue weighted by molar-refractivity contribution is 9.10. The highest BCUT2D eigenvalue weighted by Crippen LogP contribution is 2.24. The molecule has 0 amide bonds. The lowest BCUT2D eigenvalue weighted by Crippen LogP contribution is -2.21. The van der Waals surface area contributed by atoms with Gasteiger partial charge in [0.05, 0.1) is 0 Å². The maximum atomic E-state index is 3.53. The zero-order valence-corrected chi connectivity index (χ0v) is 15.4.